The Balaban J connectivity index is 2.24. The van der Waals surface area contributed by atoms with Crippen LogP contribution in [0, 0.1) is 0 Å². The molecule has 0 saturated carbocycles. The van der Waals surface area contributed by atoms with Crippen LogP contribution in [0.15, 0.2) is 0 Å². The number of carbonyl (C=O) groups excluding carboxylic acids is 1. The Morgan fingerprint density at radius 1 is 0.556 bits per heavy atom. The van der Waals surface area contributed by atoms with Gasteiger partial charge in [-0.2, -0.15) is 0 Å². The minimum absolute atomic E-state index is 0.132. The zero-order chi connectivity index (χ0) is 39.5. The van der Waals surface area contributed by atoms with Crippen LogP contribution in [0.2, 0.25) is 0 Å². The molecule has 0 aromatic rings. The molecule has 9 nitrogen and oxygen atoms in total. The molecule has 322 valence electrons. The molecule has 0 aromatic heterocycles. The third-order valence-corrected chi connectivity index (χ3v) is 11.5. The molecule has 54 heavy (non-hydrogen) atoms. The van der Waals surface area contributed by atoms with Gasteiger partial charge in [-0.15, -0.1) is 0 Å². The van der Waals surface area contributed by atoms with Crippen LogP contribution in [0.4, 0.5) is 0 Å². The minimum atomic E-state index is -1.55. The van der Waals surface area contributed by atoms with Gasteiger partial charge >= 0.3 is 0 Å². The van der Waals surface area contributed by atoms with Crippen molar-refractivity contribution in [1.29, 1.82) is 0 Å². The quantitative estimate of drug-likeness (QED) is 0.0339. The Morgan fingerprint density at radius 3 is 1.31 bits per heavy atom. The molecule has 1 heterocycles. The highest BCUT2D eigenvalue weighted by atomic mass is 16.7. The molecule has 1 aliphatic heterocycles. The number of ether oxygens (including phenoxy) is 2. The normalized spacial score (nSPS) is 21.4. The van der Waals surface area contributed by atoms with E-state index in [1.165, 1.54) is 161 Å². The van der Waals surface area contributed by atoms with E-state index in [1.807, 2.05) is 0 Å². The van der Waals surface area contributed by atoms with Gasteiger partial charge in [0.25, 0.3) is 0 Å². The number of aliphatic hydroxyl groups excluding tert-OH is 5. The van der Waals surface area contributed by atoms with Crippen molar-refractivity contribution in [3.8, 4) is 0 Å². The highest BCUT2D eigenvalue weighted by Crippen LogP contribution is 2.23. The molecular weight excluding hydrogens is 682 g/mol. The predicted molar refractivity (Wildman–Crippen MR) is 221 cm³/mol. The first-order valence-corrected chi connectivity index (χ1v) is 23.2. The number of hydrogen-bond acceptors (Lipinski definition) is 8. The average molecular weight is 772 g/mol. The Hall–Kier alpha value is -0.810. The molecule has 1 amide bonds. The van der Waals surface area contributed by atoms with Gasteiger partial charge in [-0.25, -0.2) is 0 Å². The number of carbonyl (C=O) groups is 1. The number of amides is 1. The van der Waals surface area contributed by atoms with Crippen LogP contribution < -0.4 is 5.32 Å². The van der Waals surface area contributed by atoms with Gasteiger partial charge < -0.3 is 40.3 Å². The van der Waals surface area contributed by atoms with Crippen LogP contribution in [-0.4, -0.2) is 87.5 Å². The smallest absolute Gasteiger partial charge is 0.220 e. The van der Waals surface area contributed by atoms with E-state index in [1.54, 1.807) is 0 Å². The van der Waals surface area contributed by atoms with Crippen LogP contribution in [0.25, 0.3) is 0 Å². The summed E-state index contributed by atoms with van der Waals surface area (Å²) in [5, 5.41) is 54.2. The molecular formula is C45H89NO8. The lowest BCUT2D eigenvalue weighted by Crippen LogP contribution is -2.60. The van der Waals surface area contributed by atoms with Crippen molar-refractivity contribution >= 4 is 5.91 Å². The van der Waals surface area contributed by atoms with E-state index in [-0.39, 0.29) is 12.5 Å². The van der Waals surface area contributed by atoms with Crippen molar-refractivity contribution in [3.63, 3.8) is 0 Å². The Bertz CT molecular complexity index is 817. The molecule has 0 radical (unpaired) electrons. The Kier molecular flexibility index (Phi) is 34.6. The molecule has 1 aliphatic rings. The lowest BCUT2D eigenvalue weighted by atomic mass is 9.99. The molecule has 0 aromatic carbocycles. The zero-order valence-electron chi connectivity index (χ0n) is 35.3. The number of unbranched alkanes of at least 4 members (excludes halogenated alkanes) is 29. The molecule has 0 bridgehead atoms. The molecule has 1 rings (SSSR count). The largest absolute Gasteiger partial charge is 0.394 e. The Morgan fingerprint density at radius 2 is 0.926 bits per heavy atom. The standard InChI is InChI=1S/C45H89NO8/c1-3-5-7-9-11-13-15-16-17-18-19-20-21-22-23-24-25-27-29-31-33-35-41(49)46-38(37-53-45-44(52)43(51)42(50)40(36-47)54-45)39(48)34-32-30-28-26-14-12-10-8-6-4-2/h38-40,42-45,47-48,50-52H,3-37H2,1-2H3,(H,46,49)/t38-,39+,40+,42+,43?,44?,45+/m0/s1. The van der Waals surface area contributed by atoms with Gasteiger partial charge in [-0.1, -0.05) is 206 Å². The van der Waals surface area contributed by atoms with E-state index >= 15 is 0 Å². The fourth-order valence-corrected chi connectivity index (χ4v) is 7.69. The summed E-state index contributed by atoms with van der Waals surface area (Å²) in [5.74, 6) is -0.141. The summed E-state index contributed by atoms with van der Waals surface area (Å²) in [6.45, 7) is 3.83. The second-order valence-corrected chi connectivity index (χ2v) is 16.6. The van der Waals surface area contributed by atoms with Crippen molar-refractivity contribution in [1.82, 2.24) is 5.32 Å². The number of rotatable bonds is 39. The van der Waals surface area contributed by atoms with E-state index < -0.39 is 49.5 Å². The van der Waals surface area contributed by atoms with Crippen molar-refractivity contribution in [2.24, 2.45) is 0 Å². The summed E-state index contributed by atoms with van der Waals surface area (Å²) < 4.78 is 11.2. The SMILES string of the molecule is CCCCCCCCCCCCCCCCCCCCCCCC(=O)N[C@@H](CO[C@@H]1O[C@H](CO)[C@@H](O)C(O)C1O)[C@H](O)CCCCCCCCCCCC. The molecule has 7 atom stereocenters. The zero-order valence-corrected chi connectivity index (χ0v) is 35.3. The highest BCUT2D eigenvalue weighted by molar-refractivity contribution is 5.76. The second kappa shape index (κ2) is 36.5. The van der Waals surface area contributed by atoms with Crippen LogP contribution >= 0.6 is 0 Å². The van der Waals surface area contributed by atoms with Gasteiger partial charge in [0, 0.05) is 6.42 Å². The van der Waals surface area contributed by atoms with E-state index in [0.29, 0.717) is 12.8 Å². The third-order valence-electron chi connectivity index (χ3n) is 11.5. The molecule has 9 heteroatoms. The maximum Gasteiger partial charge on any atom is 0.220 e. The first kappa shape index (κ1) is 51.2. The molecule has 6 N–H and O–H groups in total. The average Bonchev–Trinajstić information content (AvgIpc) is 3.17. The van der Waals surface area contributed by atoms with Gasteiger partial charge in [0.05, 0.1) is 25.4 Å². The molecule has 1 saturated heterocycles. The lowest BCUT2D eigenvalue weighted by molar-refractivity contribution is -0.302. The van der Waals surface area contributed by atoms with E-state index in [9.17, 15) is 30.3 Å². The summed E-state index contributed by atoms with van der Waals surface area (Å²) in [4.78, 5) is 12.9. The summed E-state index contributed by atoms with van der Waals surface area (Å²) in [6, 6.07) is -0.710. The maximum atomic E-state index is 12.9. The summed E-state index contributed by atoms with van der Waals surface area (Å²) in [7, 11) is 0. The van der Waals surface area contributed by atoms with Crippen LogP contribution in [-0.2, 0) is 14.3 Å². The van der Waals surface area contributed by atoms with Crippen LogP contribution in [0.5, 0.6) is 0 Å². The Labute approximate surface area is 332 Å². The summed E-state index contributed by atoms with van der Waals surface area (Å²) >= 11 is 0. The summed E-state index contributed by atoms with van der Waals surface area (Å²) in [6.07, 6.45) is 32.6. The maximum absolute atomic E-state index is 12.9. The number of hydrogen-bond donors (Lipinski definition) is 6. The first-order chi connectivity index (χ1) is 26.3. The van der Waals surface area contributed by atoms with E-state index in [2.05, 4.69) is 19.2 Å². The third kappa shape index (κ3) is 26.9. The number of nitrogens with one attached hydrogen (secondary N) is 1. The second-order valence-electron chi connectivity index (χ2n) is 16.6. The van der Waals surface area contributed by atoms with Crippen molar-refractivity contribution in [2.75, 3.05) is 13.2 Å². The lowest BCUT2D eigenvalue weighted by Gasteiger charge is -2.40. The fourth-order valence-electron chi connectivity index (χ4n) is 7.69. The van der Waals surface area contributed by atoms with Gasteiger partial charge in [0.1, 0.15) is 24.4 Å². The van der Waals surface area contributed by atoms with E-state index in [0.717, 1.165) is 38.5 Å². The fraction of sp³-hybridized carbons (Fsp3) is 0.978. The predicted octanol–water partition coefficient (Wildman–Crippen LogP) is 9.56. The van der Waals surface area contributed by atoms with Crippen molar-refractivity contribution in [2.45, 2.75) is 269 Å². The molecule has 1 fully saturated rings. The van der Waals surface area contributed by atoms with Gasteiger partial charge in [-0.3, -0.25) is 4.79 Å². The van der Waals surface area contributed by atoms with Gasteiger partial charge in [0.15, 0.2) is 6.29 Å². The minimum Gasteiger partial charge on any atom is -0.394 e. The molecule has 0 spiro atoms. The van der Waals surface area contributed by atoms with Gasteiger partial charge in [0.2, 0.25) is 5.91 Å². The van der Waals surface area contributed by atoms with Crippen LogP contribution in [0.3, 0.4) is 0 Å². The van der Waals surface area contributed by atoms with Gasteiger partial charge in [-0.05, 0) is 12.8 Å². The van der Waals surface area contributed by atoms with Crippen LogP contribution in [0.1, 0.15) is 226 Å². The number of aliphatic hydroxyl groups is 5. The summed E-state index contributed by atoms with van der Waals surface area (Å²) in [5.41, 5.74) is 0. The highest BCUT2D eigenvalue weighted by Gasteiger charge is 2.44. The monoisotopic (exact) mass is 772 g/mol. The van der Waals surface area contributed by atoms with E-state index in [4.69, 9.17) is 9.47 Å². The topological polar surface area (TPSA) is 149 Å². The van der Waals surface area contributed by atoms with Crippen molar-refractivity contribution in [3.05, 3.63) is 0 Å². The molecule has 0 aliphatic carbocycles. The first-order valence-electron chi connectivity index (χ1n) is 23.2. The molecule has 2 unspecified atom stereocenters. The van der Waals surface area contributed by atoms with Crippen molar-refractivity contribution < 1.29 is 39.8 Å².